The zero-order valence-corrected chi connectivity index (χ0v) is 13.7. The molecule has 0 amide bonds. The van der Waals surface area contributed by atoms with Crippen LogP contribution in [0.1, 0.15) is 21.7 Å². The predicted octanol–water partition coefficient (Wildman–Crippen LogP) is 4.28. The van der Waals surface area contributed by atoms with Gasteiger partial charge in [0.15, 0.2) is 5.78 Å². The zero-order chi connectivity index (χ0) is 15.2. The van der Waals surface area contributed by atoms with E-state index in [0.29, 0.717) is 17.4 Å². The minimum absolute atomic E-state index is 0.157. The van der Waals surface area contributed by atoms with Gasteiger partial charge in [0.25, 0.3) is 0 Å². The van der Waals surface area contributed by atoms with Gasteiger partial charge in [0.05, 0.1) is 12.4 Å². The molecule has 3 nitrogen and oxygen atoms in total. The molecule has 112 valence electrons. The summed E-state index contributed by atoms with van der Waals surface area (Å²) in [6.45, 7) is 4.44. The molecule has 21 heavy (non-hydrogen) atoms. The van der Waals surface area contributed by atoms with E-state index >= 15 is 0 Å². The molecule has 1 aromatic heterocycles. The third-order valence-electron chi connectivity index (χ3n) is 2.98. The number of aromatic amines is 1. The van der Waals surface area contributed by atoms with Crippen LogP contribution in [-0.4, -0.2) is 28.9 Å². The maximum atomic E-state index is 12.1. The summed E-state index contributed by atoms with van der Waals surface area (Å²) >= 11 is 7.45. The highest BCUT2D eigenvalue weighted by Gasteiger charge is 2.11. The summed E-state index contributed by atoms with van der Waals surface area (Å²) in [7, 11) is 0. The number of carbonyl (C=O) groups is 1. The van der Waals surface area contributed by atoms with Gasteiger partial charge in [-0.25, -0.2) is 0 Å². The number of hydrogen-bond acceptors (Lipinski definition) is 3. The summed E-state index contributed by atoms with van der Waals surface area (Å²) in [5.41, 5.74) is 2.74. The fourth-order valence-corrected chi connectivity index (χ4v) is 2.90. The number of Topliss-reactive ketones (excluding diaryl/α,β-unsaturated/α-hetero) is 1. The van der Waals surface area contributed by atoms with E-state index in [0.717, 1.165) is 28.5 Å². The van der Waals surface area contributed by atoms with Crippen molar-refractivity contribution in [3.05, 3.63) is 52.3 Å². The van der Waals surface area contributed by atoms with E-state index in [1.54, 1.807) is 17.8 Å². The summed E-state index contributed by atoms with van der Waals surface area (Å²) in [5.74, 6) is 2.15. The van der Waals surface area contributed by atoms with Crippen LogP contribution >= 0.6 is 23.4 Å². The van der Waals surface area contributed by atoms with Crippen LogP contribution in [0.15, 0.2) is 30.3 Å². The fourth-order valence-electron chi connectivity index (χ4n) is 2.03. The van der Waals surface area contributed by atoms with Crippen LogP contribution in [0.3, 0.4) is 0 Å². The number of hydrogen-bond donors (Lipinski definition) is 1. The number of carbonyl (C=O) groups excluding carboxylic acids is 1. The highest BCUT2D eigenvalue weighted by atomic mass is 35.5. The molecular formula is C16H18ClNO2S. The Morgan fingerprint density at radius 1 is 1.33 bits per heavy atom. The fraction of sp³-hybridized carbons (Fsp3) is 0.312. The minimum atomic E-state index is 0.157. The summed E-state index contributed by atoms with van der Waals surface area (Å²) in [6.07, 6.45) is 0. The molecule has 0 saturated heterocycles. The topological polar surface area (TPSA) is 42.1 Å². The van der Waals surface area contributed by atoms with Gasteiger partial charge in [-0.15, -0.1) is 0 Å². The number of ketones is 1. The number of ether oxygens (including phenoxy) is 1. The Morgan fingerprint density at radius 3 is 2.81 bits per heavy atom. The molecule has 0 aliphatic rings. The molecule has 1 heterocycles. The van der Waals surface area contributed by atoms with Crippen LogP contribution in [0, 0.1) is 13.8 Å². The van der Waals surface area contributed by atoms with Gasteiger partial charge >= 0.3 is 0 Å². The average molecular weight is 324 g/mol. The van der Waals surface area contributed by atoms with E-state index in [-0.39, 0.29) is 5.78 Å². The maximum absolute atomic E-state index is 12.1. The van der Waals surface area contributed by atoms with Crippen molar-refractivity contribution in [3.8, 4) is 5.75 Å². The number of nitrogens with one attached hydrogen (secondary N) is 1. The second kappa shape index (κ2) is 7.57. The highest BCUT2D eigenvalue weighted by molar-refractivity contribution is 8.00. The number of halogens is 1. The second-order valence-corrected chi connectivity index (χ2v) is 6.31. The Balaban J connectivity index is 1.70. The molecule has 0 spiro atoms. The molecule has 0 aliphatic heterocycles. The van der Waals surface area contributed by atoms with Gasteiger partial charge in [0.1, 0.15) is 5.75 Å². The Kier molecular flexibility index (Phi) is 5.76. The number of aryl methyl sites for hydroxylation is 2. The molecule has 5 heteroatoms. The van der Waals surface area contributed by atoms with E-state index in [4.69, 9.17) is 16.3 Å². The summed E-state index contributed by atoms with van der Waals surface area (Å²) in [5, 5.41) is 0.661. The lowest BCUT2D eigenvalue weighted by molar-refractivity contribution is 0.102. The van der Waals surface area contributed by atoms with Gasteiger partial charge in [0, 0.05) is 27.7 Å². The normalized spacial score (nSPS) is 10.6. The van der Waals surface area contributed by atoms with Crippen LogP contribution in [-0.2, 0) is 0 Å². The Bertz CT molecular complexity index is 624. The molecule has 0 atom stereocenters. The van der Waals surface area contributed by atoms with Gasteiger partial charge < -0.3 is 9.72 Å². The number of rotatable bonds is 7. The second-order valence-electron chi connectivity index (χ2n) is 4.77. The van der Waals surface area contributed by atoms with E-state index in [1.807, 2.05) is 38.1 Å². The summed E-state index contributed by atoms with van der Waals surface area (Å²) < 4.78 is 5.58. The Morgan fingerprint density at radius 2 is 2.14 bits per heavy atom. The standard InChI is InChI=1S/C16H18ClNO2S/c1-11-8-15(12(2)18-11)16(19)10-21-7-6-20-14-5-3-4-13(17)9-14/h3-5,8-9,18H,6-7,10H2,1-2H3. The lowest BCUT2D eigenvalue weighted by Gasteiger charge is -2.06. The summed E-state index contributed by atoms with van der Waals surface area (Å²) in [4.78, 5) is 15.2. The minimum Gasteiger partial charge on any atom is -0.493 e. The zero-order valence-electron chi connectivity index (χ0n) is 12.1. The van der Waals surface area contributed by atoms with Gasteiger partial charge in [-0.05, 0) is 38.1 Å². The van der Waals surface area contributed by atoms with Crippen LogP contribution in [0.5, 0.6) is 5.75 Å². The first-order chi connectivity index (χ1) is 10.1. The van der Waals surface area contributed by atoms with Crippen molar-refractivity contribution in [2.24, 2.45) is 0 Å². The molecule has 2 aromatic rings. The monoisotopic (exact) mass is 323 g/mol. The van der Waals surface area contributed by atoms with E-state index in [9.17, 15) is 4.79 Å². The van der Waals surface area contributed by atoms with Crippen molar-refractivity contribution in [1.29, 1.82) is 0 Å². The SMILES string of the molecule is Cc1cc(C(=O)CSCCOc2cccc(Cl)c2)c(C)[nH]1. The number of thioether (sulfide) groups is 1. The van der Waals surface area contributed by atoms with Crippen LogP contribution in [0.25, 0.3) is 0 Å². The molecule has 0 bridgehead atoms. The Labute approximate surface area is 134 Å². The molecule has 0 radical (unpaired) electrons. The summed E-state index contributed by atoms with van der Waals surface area (Å²) in [6, 6.07) is 9.21. The quantitative estimate of drug-likeness (QED) is 0.611. The molecule has 0 unspecified atom stereocenters. The van der Waals surface area contributed by atoms with Gasteiger partial charge in [-0.2, -0.15) is 11.8 Å². The van der Waals surface area contributed by atoms with Crippen molar-refractivity contribution in [2.75, 3.05) is 18.1 Å². The van der Waals surface area contributed by atoms with E-state index in [2.05, 4.69) is 4.98 Å². The Hall–Kier alpha value is -1.39. The molecule has 0 aliphatic carbocycles. The van der Waals surface area contributed by atoms with Gasteiger partial charge in [-0.3, -0.25) is 4.79 Å². The first kappa shape index (κ1) is 16.0. The third kappa shape index (κ3) is 4.83. The van der Waals surface area contributed by atoms with Gasteiger partial charge in [0.2, 0.25) is 0 Å². The van der Waals surface area contributed by atoms with E-state index in [1.165, 1.54) is 0 Å². The molecule has 1 N–H and O–H groups in total. The van der Waals surface area contributed by atoms with Crippen molar-refractivity contribution in [1.82, 2.24) is 4.98 Å². The first-order valence-electron chi connectivity index (χ1n) is 6.72. The number of H-pyrrole nitrogens is 1. The third-order valence-corrected chi connectivity index (χ3v) is 4.13. The molecular weight excluding hydrogens is 306 g/mol. The van der Waals surface area contributed by atoms with Crippen LogP contribution in [0.2, 0.25) is 5.02 Å². The van der Waals surface area contributed by atoms with Crippen molar-refractivity contribution >= 4 is 29.1 Å². The van der Waals surface area contributed by atoms with Crippen molar-refractivity contribution < 1.29 is 9.53 Å². The smallest absolute Gasteiger partial charge is 0.174 e. The van der Waals surface area contributed by atoms with Crippen LogP contribution < -0.4 is 4.74 Å². The lowest BCUT2D eigenvalue weighted by atomic mass is 10.2. The van der Waals surface area contributed by atoms with E-state index < -0.39 is 0 Å². The molecule has 1 aromatic carbocycles. The first-order valence-corrected chi connectivity index (χ1v) is 8.25. The van der Waals surface area contributed by atoms with Crippen LogP contribution in [0.4, 0.5) is 0 Å². The number of aromatic nitrogens is 1. The molecule has 0 saturated carbocycles. The predicted molar refractivity (Wildman–Crippen MR) is 88.9 cm³/mol. The average Bonchev–Trinajstić information content (AvgIpc) is 2.77. The molecule has 2 rings (SSSR count). The van der Waals surface area contributed by atoms with Gasteiger partial charge in [-0.1, -0.05) is 17.7 Å². The largest absolute Gasteiger partial charge is 0.493 e. The van der Waals surface area contributed by atoms with Crippen molar-refractivity contribution in [2.45, 2.75) is 13.8 Å². The van der Waals surface area contributed by atoms with Crippen molar-refractivity contribution in [3.63, 3.8) is 0 Å². The molecule has 0 fully saturated rings. The highest BCUT2D eigenvalue weighted by Crippen LogP contribution is 2.18. The lowest BCUT2D eigenvalue weighted by Crippen LogP contribution is -2.06. The maximum Gasteiger partial charge on any atom is 0.174 e. The number of benzene rings is 1.